The molecule has 1 aromatic carbocycles. The van der Waals surface area contributed by atoms with E-state index < -0.39 is 0 Å². The average molecular weight is 289 g/mol. The van der Waals surface area contributed by atoms with E-state index in [9.17, 15) is 0 Å². The van der Waals surface area contributed by atoms with E-state index in [2.05, 4.69) is 31.2 Å². The van der Waals surface area contributed by atoms with E-state index in [-0.39, 0.29) is 0 Å². The standard InChI is InChI=1S/C18H27NS/c1-2-5-13-8-9-17(19)14(10-13)11-15-12-20-18-7-4-3-6-16(15)18/h3-4,6-7,13-15,17H,2,5,8-12,19H2,1H3. The first-order valence-electron chi connectivity index (χ1n) is 8.25. The van der Waals surface area contributed by atoms with Crippen molar-refractivity contribution in [2.75, 3.05) is 5.75 Å². The Morgan fingerprint density at radius 1 is 1.25 bits per heavy atom. The van der Waals surface area contributed by atoms with Gasteiger partial charge in [-0.3, -0.25) is 0 Å². The molecule has 1 aliphatic heterocycles. The largest absolute Gasteiger partial charge is 0.327 e. The predicted molar refractivity (Wildman–Crippen MR) is 88.2 cm³/mol. The quantitative estimate of drug-likeness (QED) is 0.861. The number of hydrogen-bond donors (Lipinski definition) is 1. The summed E-state index contributed by atoms with van der Waals surface area (Å²) in [5.74, 6) is 3.69. The van der Waals surface area contributed by atoms with Gasteiger partial charge in [0.05, 0.1) is 0 Å². The number of nitrogens with two attached hydrogens (primary N) is 1. The Labute approximate surface area is 127 Å². The van der Waals surface area contributed by atoms with Crippen molar-refractivity contribution in [1.29, 1.82) is 0 Å². The maximum Gasteiger partial charge on any atom is 0.0107 e. The van der Waals surface area contributed by atoms with Crippen LogP contribution in [0.3, 0.4) is 0 Å². The third-order valence-corrected chi connectivity index (χ3v) is 6.48. The maximum atomic E-state index is 6.43. The highest BCUT2D eigenvalue weighted by molar-refractivity contribution is 7.99. The summed E-state index contributed by atoms with van der Waals surface area (Å²) in [6.45, 7) is 2.31. The highest BCUT2D eigenvalue weighted by Crippen LogP contribution is 2.45. The van der Waals surface area contributed by atoms with Crippen molar-refractivity contribution in [1.82, 2.24) is 0 Å². The molecular formula is C18H27NS. The fraction of sp³-hybridized carbons (Fsp3) is 0.667. The Kier molecular flexibility index (Phi) is 4.72. The number of thioether (sulfide) groups is 1. The molecule has 0 saturated heterocycles. The van der Waals surface area contributed by atoms with Crippen LogP contribution in [0.5, 0.6) is 0 Å². The van der Waals surface area contributed by atoms with Crippen molar-refractivity contribution in [3.63, 3.8) is 0 Å². The van der Waals surface area contributed by atoms with Gasteiger partial charge < -0.3 is 5.73 Å². The van der Waals surface area contributed by atoms with Crippen molar-refractivity contribution in [2.24, 2.45) is 17.6 Å². The Hall–Kier alpha value is -0.470. The molecule has 1 aromatic rings. The lowest BCUT2D eigenvalue weighted by Gasteiger charge is -2.35. The van der Waals surface area contributed by atoms with Gasteiger partial charge in [-0.2, -0.15) is 0 Å². The maximum absolute atomic E-state index is 6.43. The summed E-state index contributed by atoms with van der Waals surface area (Å²) in [5.41, 5.74) is 8.01. The lowest BCUT2D eigenvalue weighted by molar-refractivity contribution is 0.206. The van der Waals surface area contributed by atoms with E-state index in [0.29, 0.717) is 6.04 Å². The molecule has 0 radical (unpaired) electrons. The van der Waals surface area contributed by atoms with Gasteiger partial charge in [-0.1, -0.05) is 38.0 Å². The molecule has 4 unspecified atom stereocenters. The van der Waals surface area contributed by atoms with E-state index in [4.69, 9.17) is 5.73 Å². The third kappa shape index (κ3) is 3.07. The molecule has 3 rings (SSSR count). The van der Waals surface area contributed by atoms with Crippen molar-refractivity contribution >= 4 is 11.8 Å². The van der Waals surface area contributed by atoms with Crippen LogP contribution in [0, 0.1) is 11.8 Å². The van der Waals surface area contributed by atoms with Gasteiger partial charge in [0.25, 0.3) is 0 Å². The van der Waals surface area contributed by atoms with Gasteiger partial charge in [-0.05, 0) is 55.1 Å². The Balaban J connectivity index is 1.65. The minimum Gasteiger partial charge on any atom is -0.327 e. The highest BCUT2D eigenvalue weighted by atomic mass is 32.2. The zero-order chi connectivity index (χ0) is 13.9. The van der Waals surface area contributed by atoms with E-state index in [1.54, 1.807) is 5.56 Å². The zero-order valence-corrected chi connectivity index (χ0v) is 13.4. The molecule has 1 fully saturated rings. The highest BCUT2D eigenvalue weighted by Gasteiger charge is 2.32. The molecule has 0 spiro atoms. The van der Waals surface area contributed by atoms with Crippen molar-refractivity contribution in [2.45, 2.75) is 62.3 Å². The van der Waals surface area contributed by atoms with Gasteiger partial charge in [0.1, 0.15) is 0 Å². The van der Waals surface area contributed by atoms with Crippen molar-refractivity contribution < 1.29 is 0 Å². The molecule has 1 saturated carbocycles. The lowest BCUT2D eigenvalue weighted by atomic mass is 9.73. The molecule has 1 nitrogen and oxygen atoms in total. The van der Waals surface area contributed by atoms with Crippen LogP contribution in [0.4, 0.5) is 0 Å². The first-order chi connectivity index (χ1) is 9.78. The molecule has 0 aromatic heterocycles. The summed E-state index contributed by atoms with van der Waals surface area (Å²) in [6, 6.07) is 9.41. The van der Waals surface area contributed by atoms with E-state index in [1.165, 1.54) is 49.2 Å². The Morgan fingerprint density at radius 2 is 2.10 bits per heavy atom. The topological polar surface area (TPSA) is 26.0 Å². The van der Waals surface area contributed by atoms with Gasteiger partial charge in [0, 0.05) is 16.7 Å². The monoisotopic (exact) mass is 289 g/mol. The van der Waals surface area contributed by atoms with Crippen LogP contribution in [0.15, 0.2) is 29.2 Å². The van der Waals surface area contributed by atoms with Crippen LogP contribution < -0.4 is 5.73 Å². The first kappa shape index (κ1) is 14.5. The van der Waals surface area contributed by atoms with Gasteiger partial charge in [0.15, 0.2) is 0 Å². The molecule has 4 atom stereocenters. The molecule has 110 valence electrons. The molecule has 2 aliphatic rings. The van der Waals surface area contributed by atoms with Crippen LogP contribution in [-0.4, -0.2) is 11.8 Å². The smallest absolute Gasteiger partial charge is 0.0107 e. The summed E-state index contributed by atoms with van der Waals surface area (Å²) in [5, 5.41) is 0. The molecule has 20 heavy (non-hydrogen) atoms. The molecule has 1 aliphatic carbocycles. The number of benzene rings is 1. The van der Waals surface area contributed by atoms with Crippen molar-refractivity contribution in [3.05, 3.63) is 29.8 Å². The van der Waals surface area contributed by atoms with Crippen LogP contribution in [0.25, 0.3) is 0 Å². The molecule has 2 heteroatoms. The fourth-order valence-corrected chi connectivity index (χ4v) is 5.39. The lowest BCUT2D eigenvalue weighted by Crippen LogP contribution is -2.37. The first-order valence-corrected chi connectivity index (χ1v) is 9.23. The van der Waals surface area contributed by atoms with Gasteiger partial charge in [0.2, 0.25) is 0 Å². The molecule has 1 heterocycles. The summed E-state index contributed by atoms with van der Waals surface area (Å²) < 4.78 is 0. The molecule has 2 N–H and O–H groups in total. The second kappa shape index (κ2) is 6.53. The predicted octanol–water partition coefficient (Wildman–Crippen LogP) is 4.81. The summed E-state index contributed by atoms with van der Waals surface area (Å²) in [6.07, 6.45) is 8.02. The summed E-state index contributed by atoms with van der Waals surface area (Å²) >= 11 is 2.04. The average Bonchev–Trinajstić information content (AvgIpc) is 2.86. The Morgan fingerprint density at radius 3 is 2.95 bits per heavy atom. The van der Waals surface area contributed by atoms with E-state index in [0.717, 1.165) is 17.8 Å². The number of fused-ring (bicyclic) bond motifs is 1. The zero-order valence-electron chi connectivity index (χ0n) is 12.6. The number of hydrogen-bond acceptors (Lipinski definition) is 2. The van der Waals surface area contributed by atoms with Gasteiger partial charge in [-0.25, -0.2) is 0 Å². The van der Waals surface area contributed by atoms with Crippen LogP contribution in [-0.2, 0) is 0 Å². The molecular weight excluding hydrogens is 262 g/mol. The van der Waals surface area contributed by atoms with Crippen LogP contribution in [0.1, 0.15) is 56.9 Å². The van der Waals surface area contributed by atoms with Gasteiger partial charge in [-0.15, -0.1) is 11.8 Å². The second-order valence-corrected chi connectivity index (χ2v) is 7.73. The molecule has 0 amide bonds. The Bertz CT molecular complexity index is 445. The normalized spacial score (nSPS) is 33.1. The van der Waals surface area contributed by atoms with Gasteiger partial charge >= 0.3 is 0 Å². The summed E-state index contributed by atoms with van der Waals surface area (Å²) in [4.78, 5) is 1.51. The van der Waals surface area contributed by atoms with Crippen LogP contribution >= 0.6 is 11.8 Å². The summed E-state index contributed by atoms with van der Waals surface area (Å²) in [7, 11) is 0. The minimum atomic E-state index is 0.445. The second-order valence-electron chi connectivity index (χ2n) is 6.67. The van der Waals surface area contributed by atoms with Crippen LogP contribution in [0.2, 0.25) is 0 Å². The van der Waals surface area contributed by atoms with Crippen molar-refractivity contribution in [3.8, 4) is 0 Å². The molecule has 0 bridgehead atoms. The number of rotatable bonds is 4. The fourth-order valence-electron chi connectivity index (χ4n) is 4.12. The SMILES string of the molecule is CCCC1CCC(N)C(CC2CSc3ccccc32)C1. The van der Waals surface area contributed by atoms with E-state index >= 15 is 0 Å². The van der Waals surface area contributed by atoms with E-state index in [1.807, 2.05) is 11.8 Å². The third-order valence-electron chi connectivity index (χ3n) is 5.23. The minimum absolute atomic E-state index is 0.445.